The fourth-order valence-corrected chi connectivity index (χ4v) is 4.75. The molecule has 1 aliphatic carbocycles. The highest BCUT2D eigenvalue weighted by atomic mass is 32.2. The van der Waals surface area contributed by atoms with Crippen LogP contribution in [-0.4, -0.2) is 16.8 Å². The van der Waals surface area contributed by atoms with Crippen LogP contribution < -0.4 is 0 Å². The van der Waals surface area contributed by atoms with Gasteiger partial charge in [0.15, 0.2) is 0 Å². The number of hydrogen-bond acceptors (Lipinski definition) is 5. The van der Waals surface area contributed by atoms with E-state index in [9.17, 15) is 9.59 Å². The number of ether oxygens (including phenoxy) is 1. The largest absolute Gasteiger partial charge is 0.469 e. The van der Waals surface area contributed by atoms with Gasteiger partial charge in [-0.05, 0) is 29.4 Å². The van der Waals surface area contributed by atoms with E-state index in [1.54, 1.807) is 6.26 Å². The Labute approximate surface area is 169 Å². The number of furan rings is 1. The Morgan fingerprint density at radius 3 is 2.79 bits per heavy atom. The van der Waals surface area contributed by atoms with Gasteiger partial charge in [0.1, 0.15) is 12.4 Å². The predicted molar refractivity (Wildman–Crippen MR) is 109 cm³/mol. The van der Waals surface area contributed by atoms with Crippen molar-refractivity contribution >= 4 is 22.8 Å². The van der Waals surface area contributed by atoms with Gasteiger partial charge in [-0.25, -0.2) is 0 Å². The minimum atomic E-state index is -0.198. The molecule has 0 N–H and O–H groups in total. The number of hydrogen-bond donors (Lipinski definition) is 0. The maximum absolute atomic E-state index is 12.6. The molecule has 4 nitrogen and oxygen atoms in total. The zero-order chi connectivity index (χ0) is 19.7. The first kappa shape index (κ1) is 19.1. The van der Waals surface area contributed by atoms with Gasteiger partial charge in [-0.1, -0.05) is 62.0 Å². The quantitative estimate of drug-likeness (QED) is 0.520. The molecule has 2 aliphatic rings. The molecule has 146 valence electrons. The first-order valence-corrected chi connectivity index (χ1v) is 10.6. The van der Waals surface area contributed by atoms with Crippen molar-refractivity contribution < 1.29 is 18.7 Å². The molecule has 1 aromatic carbocycles. The van der Waals surface area contributed by atoms with Crippen LogP contribution in [0.25, 0.3) is 0 Å². The second-order valence-corrected chi connectivity index (χ2v) is 9.16. The van der Waals surface area contributed by atoms with E-state index in [1.807, 2.05) is 30.3 Å². The second kappa shape index (κ2) is 7.63. The third kappa shape index (κ3) is 3.95. The summed E-state index contributed by atoms with van der Waals surface area (Å²) in [6.45, 7) is 4.33. The third-order valence-corrected chi connectivity index (χ3v) is 6.66. The number of carbonyl (C=O) groups excluding carboxylic acids is 2. The molecular weight excluding hydrogens is 372 g/mol. The van der Waals surface area contributed by atoms with Crippen molar-refractivity contribution in [1.29, 1.82) is 0 Å². The average Bonchev–Trinajstić information content (AvgIpc) is 3.03. The molecule has 2 aromatic rings. The van der Waals surface area contributed by atoms with Crippen LogP contribution in [0.5, 0.6) is 0 Å². The molecule has 2 atom stereocenters. The smallest absolute Gasteiger partial charge is 0.310 e. The molecule has 0 radical (unpaired) electrons. The van der Waals surface area contributed by atoms with E-state index in [1.165, 1.54) is 17.3 Å². The molecule has 0 amide bonds. The monoisotopic (exact) mass is 396 g/mol. The van der Waals surface area contributed by atoms with E-state index >= 15 is 0 Å². The molecule has 4 rings (SSSR count). The Kier molecular flexibility index (Phi) is 5.19. The molecule has 5 heteroatoms. The zero-order valence-electron chi connectivity index (χ0n) is 16.1. The van der Waals surface area contributed by atoms with Crippen LogP contribution in [0.4, 0.5) is 0 Å². The first-order valence-electron chi connectivity index (χ1n) is 9.60. The minimum Gasteiger partial charge on any atom is -0.469 e. The Balaban J connectivity index is 1.33. The van der Waals surface area contributed by atoms with Crippen molar-refractivity contribution in [1.82, 2.24) is 0 Å². The summed E-state index contributed by atoms with van der Waals surface area (Å²) in [5, 5.41) is 0.152. The number of esters is 1. The van der Waals surface area contributed by atoms with E-state index in [0.29, 0.717) is 6.42 Å². The summed E-state index contributed by atoms with van der Waals surface area (Å²) in [6, 6.07) is 12.0. The van der Waals surface area contributed by atoms with Gasteiger partial charge in [0.05, 0.1) is 12.2 Å². The average molecular weight is 397 g/mol. The van der Waals surface area contributed by atoms with E-state index in [0.717, 1.165) is 29.1 Å². The van der Waals surface area contributed by atoms with Gasteiger partial charge in [0.25, 0.3) is 0 Å². The lowest BCUT2D eigenvalue weighted by Crippen LogP contribution is -2.10. The minimum absolute atomic E-state index is 0.0793. The molecule has 0 spiro atoms. The lowest BCUT2D eigenvalue weighted by atomic mass is 10.1. The van der Waals surface area contributed by atoms with Crippen molar-refractivity contribution in [2.45, 2.75) is 33.3 Å². The number of rotatable bonds is 6. The number of allylic oxidation sites excluding steroid dienone is 1. The number of carbonyl (C=O) groups is 2. The first-order chi connectivity index (χ1) is 13.4. The lowest BCUT2D eigenvalue weighted by Gasteiger charge is -2.03. The molecule has 2 fully saturated rings. The fraction of sp³-hybridized carbons (Fsp3) is 0.391. The summed E-state index contributed by atoms with van der Waals surface area (Å²) >= 11 is 1.36. The van der Waals surface area contributed by atoms with Crippen molar-refractivity contribution in [2.24, 2.45) is 17.3 Å². The fourth-order valence-electron chi connectivity index (χ4n) is 3.89. The van der Waals surface area contributed by atoms with Crippen molar-refractivity contribution in [3.05, 3.63) is 71.2 Å². The van der Waals surface area contributed by atoms with Crippen LogP contribution >= 0.6 is 11.8 Å². The maximum atomic E-state index is 12.6. The van der Waals surface area contributed by atoms with Crippen LogP contribution in [0.1, 0.15) is 37.2 Å². The summed E-state index contributed by atoms with van der Waals surface area (Å²) < 4.78 is 11.2. The number of benzene rings is 1. The normalized spacial score (nSPS) is 24.5. The highest BCUT2D eigenvalue weighted by Gasteiger charge is 2.61. The molecule has 1 aliphatic heterocycles. The summed E-state index contributed by atoms with van der Waals surface area (Å²) in [4.78, 5) is 24.4. The van der Waals surface area contributed by atoms with E-state index in [-0.39, 0.29) is 34.9 Å². The van der Waals surface area contributed by atoms with Gasteiger partial charge in [0.2, 0.25) is 5.12 Å². The summed E-state index contributed by atoms with van der Waals surface area (Å²) in [5.74, 6) is 1.39. The lowest BCUT2D eigenvalue weighted by molar-refractivity contribution is -0.147. The molecule has 1 unspecified atom stereocenters. The van der Waals surface area contributed by atoms with Gasteiger partial charge in [-0.15, -0.1) is 0 Å². The van der Waals surface area contributed by atoms with Gasteiger partial charge in [-0.3, -0.25) is 9.59 Å². The second-order valence-electron chi connectivity index (χ2n) is 8.09. The van der Waals surface area contributed by atoms with Crippen LogP contribution in [0.15, 0.2) is 58.7 Å². The standard InChI is InChI=1S/C23H24O4S/c1-23(2)19(12-17-8-9-28-22(17)25)20(23)21(24)27-14-16-11-18(26-13-16)10-15-6-4-3-5-7-15/h3-7,11-13,19-20H,8-10,14H2,1-2H3/t19?,20-/m0/s1. The van der Waals surface area contributed by atoms with Crippen molar-refractivity contribution in [3.8, 4) is 0 Å². The molecule has 1 saturated carbocycles. The van der Waals surface area contributed by atoms with Gasteiger partial charge < -0.3 is 9.15 Å². The Morgan fingerprint density at radius 1 is 1.29 bits per heavy atom. The Morgan fingerprint density at radius 2 is 2.07 bits per heavy atom. The van der Waals surface area contributed by atoms with Crippen LogP contribution in [-0.2, 0) is 27.4 Å². The summed E-state index contributed by atoms with van der Waals surface area (Å²) in [6.07, 6.45) is 5.17. The zero-order valence-corrected chi connectivity index (χ0v) is 17.0. The van der Waals surface area contributed by atoms with Crippen LogP contribution in [0, 0.1) is 17.3 Å². The molecule has 1 saturated heterocycles. The highest BCUT2D eigenvalue weighted by Crippen LogP contribution is 2.60. The topological polar surface area (TPSA) is 56.5 Å². The molecular formula is C23H24O4S. The maximum Gasteiger partial charge on any atom is 0.310 e. The molecule has 2 heterocycles. The summed E-state index contributed by atoms with van der Waals surface area (Å²) in [5.41, 5.74) is 2.73. The Bertz CT molecular complexity index is 910. The van der Waals surface area contributed by atoms with E-state index in [4.69, 9.17) is 9.15 Å². The Hall–Kier alpha value is -2.27. The van der Waals surface area contributed by atoms with Crippen LogP contribution in [0.2, 0.25) is 0 Å². The van der Waals surface area contributed by atoms with Gasteiger partial charge in [-0.2, -0.15) is 0 Å². The van der Waals surface area contributed by atoms with Crippen molar-refractivity contribution in [3.63, 3.8) is 0 Å². The van der Waals surface area contributed by atoms with E-state index < -0.39 is 0 Å². The molecule has 1 aromatic heterocycles. The van der Waals surface area contributed by atoms with Gasteiger partial charge in [0, 0.05) is 23.3 Å². The SMILES string of the molecule is CC1(C)C(C=C2CCSC2=O)[C@H]1C(=O)OCc1coc(Cc2ccccc2)c1. The summed E-state index contributed by atoms with van der Waals surface area (Å²) in [7, 11) is 0. The molecule has 0 bridgehead atoms. The van der Waals surface area contributed by atoms with Crippen LogP contribution in [0.3, 0.4) is 0 Å². The third-order valence-electron chi connectivity index (χ3n) is 5.72. The highest BCUT2D eigenvalue weighted by molar-refractivity contribution is 8.14. The number of thioether (sulfide) groups is 1. The van der Waals surface area contributed by atoms with Crippen molar-refractivity contribution in [2.75, 3.05) is 5.75 Å². The van der Waals surface area contributed by atoms with E-state index in [2.05, 4.69) is 26.0 Å². The van der Waals surface area contributed by atoms with Gasteiger partial charge >= 0.3 is 5.97 Å². The predicted octanol–water partition coefficient (Wildman–Crippen LogP) is 4.78. The molecule has 28 heavy (non-hydrogen) atoms.